The predicted octanol–water partition coefficient (Wildman–Crippen LogP) is 4.61. The van der Waals surface area contributed by atoms with Gasteiger partial charge in [-0.15, -0.1) is 0 Å². The molecule has 0 spiro atoms. The molecular weight excluding hydrogens is 390 g/mol. The molecule has 0 saturated heterocycles. The molecule has 31 heavy (non-hydrogen) atoms. The van der Waals surface area contributed by atoms with Crippen molar-refractivity contribution >= 4 is 12.0 Å². The summed E-state index contributed by atoms with van der Waals surface area (Å²) in [7, 11) is 0. The van der Waals surface area contributed by atoms with E-state index in [0.29, 0.717) is 6.42 Å². The lowest BCUT2D eigenvalue weighted by Crippen LogP contribution is -2.54. The summed E-state index contributed by atoms with van der Waals surface area (Å²) in [5, 5.41) is 2.82. The van der Waals surface area contributed by atoms with Crippen molar-refractivity contribution in [1.29, 1.82) is 0 Å². The number of hydrogen-bond donors (Lipinski definition) is 1. The minimum absolute atomic E-state index is 0.0342. The van der Waals surface area contributed by atoms with Crippen LogP contribution in [0.5, 0.6) is 0 Å². The van der Waals surface area contributed by atoms with Crippen LogP contribution in [-0.4, -0.2) is 58.6 Å². The Morgan fingerprint density at radius 2 is 1.42 bits per heavy atom. The summed E-state index contributed by atoms with van der Waals surface area (Å²) in [6.45, 7) is 20.6. The molecule has 0 fully saturated rings. The second-order valence-electron chi connectivity index (χ2n) is 9.61. The fourth-order valence-corrected chi connectivity index (χ4v) is 3.66. The van der Waals surface area contributed by atoms with Crippen molar-refractivity contribution in [3.05, 3.63) is 35.4 Å². The Labute approximate surface area is 189 Å². The van der Waals surface area contributed by atoms with Gasteiger partial charge in [0.15, 0.2) is 0 Å². The maximum atomic E-state index is 13.4. The number of nitrogens with one attached hydrogen (secondary N) is 1. The number of hydrogen-bond acceptors (Lipinski definition) is 4. The lowest BCUT2D eigenvalue weighted by molar-refractivity contribution is -0.137. The zero-order valence-electron chi connectivity index (χ0n) is 21.0. The van der Waals surface area contributed by atoms with Crippen molar-refractivity contribution in [2.75, 3.05) is 13.1 Å². The number of alkyl carbamates (subject to hydrolysis) is 1. The molecule has 0 aromatic heterocycles. The smallest absolute Gasteiger partial charge is 0.408 e. The third-order valence-corrected chi connectivity index (χ3v) is 5.12. The van der Waals surface area contributed by atoms with Crippen molar-refractivity contribution < 1.29 is 14.3 Å². The highest BCUT2D eigenvalue weighted by Gasteiger charge is 2.31. The van der Waals surface area contributed by atoms with Crippen LogP contribution in [0.1, 0.15) is 73.4 Å². The Kier molecular flexibility index (Phi) is 10.5. The SMILES string of the molecule is CCN(CC)Cc1ccc(CC(NC(=O)OC(C)(C)C)C(=O)N(C(C)C)C(C)C)cc1. The minimum Gasteiger partial charge on any atom is -0.444 e. The van der Waals surface area contributed by atoms with E-state index in [1.54, 1.807) is 0 Å². The molecule has 0 heterocycles. The van der Waals surface area contributed by atoms with Crippen molar-refractivity contribution in [3.8, 4) is 0 Å². The molecule has 0 saturated carbocycles. The van der Waals surface area contributed by atoms with Gasteiger partial charge < -0.3 is 15.0 Å². The summed E-state index contributed by atoms with van der Waals surface area (Å²) in [6.07, 6.45) is -0.156. The normalized spacial score (nSPS) is 12.9. The maximum absolute atomic E-state index is 13.4. The first-order valence-corrected chi connectivity index (χ1v) is 11.5. The van der Waals surface area contributed by atoms with Gasteiger partial charge in [0, 0.05) is 25.0 Å². The topological polar surface area (TPSA) is 61.9 Å². The Morgan fingerprint density at radius 3 is 1.84 bits per heavy atom. The zero-order valence-corrected chi connectivity index (χ0v) is 21.0. The molecule has 1 atom stereocenters. The van der Waals surface area contributed by atoms with Gasteiger partial charge in [0.1, 0.15) is 11.6 Å². The number of amides is 2. The van der Waals surface area contributed by atoms with E-state index in [1.165, 1.54) is 5.56 Å². The fraction of sp³-hybridized carbons (Fsp3) is 0.680. The summed E-state index contributed by atoms with van der Waals surface area (Å²) >= 11 is 0. The van der Waals surface area contributed by atoms with Crippen molar-refractivity contribution in [2.24, 2.45) is 0 Å². The van der Waals surface area contributed by atoms with Crippen LogP contribution < -0.4 is 5.32 Å². The summed E-state index contributed by atoms with van der Waals surface area (Å²) in [6, 6.07) is 7.68. The first-order valence-electron chi connectivity index (χ1n) is 11.5. The van der Waals surface area contributed by atoms with Crippen LogP contribution >= 0.6 is 0 Å². The van der Waals surface area contributed by atoms with Gasteiger partial charge in [-0.25, -0.2) is 4.79 Å². The van der Waals surface area contributed by atoms with Crippen LogP contribution in [0, 0.1) is 0 Å². The first kappa shape index (κ1) is 27.0. The molecule has 0 aliphatic carbocycles. The van der Waals surface area contributed by atoms with E-state index in [-0.39, 0.29) is 18.0 Å². The van der Waals surface area contributed by atoms with Gasteiger partial charge in [0.05, 0.1) is 0 Å². The van der Waals surface area contributed by atoms with Crippen molar-refractivity contribution in [3.63, 3.8) is 0 Å². The highest BCUT2D eigenvalue weighted by atomic mass is 16.6. The number of carbonyl (C=O) groups is 2. The molecule has 6 nitrogen and oxygen atoms in total. The maximum Gasteiger partial charge on any atom is 0.408 e. The van der Waals surface area contributed by atoms with Gasteiger partial charge in [0.25, 0.3) is 0 Å². The molecule has 0 aliphatic heterocycles. The van der Waals surface area contributed by atoms with Gasteiger partial charge >= 0.3 is 6.09 Å². The molecule has 0 bridgehead atoms. The Balaban J connectivity index is 3.05. The third-order valence-electron chi connectivity index (χ3n) is 5.12. The molecule has 1 unspecified atom stereocenters. The fourth-order valence-electron chi connectivity index (χ4n) is 3.66. The van der Waals surface area contributed by atoms with E-state index in [1.807, 2.05) is 65.5 Å². The van der Waals surface area contributed by atoms with Crippen LogP contribution in [0.25, 0.3) is 0 Å². The average molecular weight is 434 g/mol. The monoisotopic (exact) mass is 433 g/mol. The number of nitrogens with zero attached hydrogens (tertiary/aromatic N) is 2. The van der Waals surface area contributed by atoms with Gasteiger partial charge in [-0.3, -0.25) is 9.69 Å². The number of benzene rings is 1. The van der Waals surface area contributed by atoms with Crippen LogP contribution in [0.4, 0.5) is 4.79 Å². The van der Waals surface area contributed by atoms with E-state index in [2.05, 4.69) is 36.2 Å². The lowest BCUT2D eigenvalue weighted by atomic mass is 10.0. The molecule has 1 aromatic carbocycles. The molecule has 1 N–H and O–H groups in total. The summed E-state index contributed by atoms with van der Waals surface area (Å²) in [5.41, 5.74) is 1.62. The van der Waals surface area contributed by atoms with Crippen LogP contribution in [0.2, 0.25) is 0 Å². The molecule has 6 heteroatoms. The number of carbonyl (C=O) groups excluding carboxylic acids is 2. The molecule has 1 aromatic rings. The van der Waals surface area contributed by atoms with E-state index in [0.717, 1.165) is 25.2 Å². The summed E-state index contributed by atoms with van der Waals surface area (Å²) < 4.78 is 5.42. The van der Waals surface area contributed by atoms with Crippen molar-refractivity contribution in [2.45, 2.75) is 99.0 Å². The number of ether oxygens (including phenoxy) is 1. The standard InChI is InChI=1S/C25H43N3O3/c1-10-27(11-2)17-21-14-12-20(13-15-21)16-22(26-24(30)31-25(7,8)9)23(29)28(18(3)4)19(5)6/h12-15,18-19,22H,10-11,16-17H2,1-9H3,(H,26,30). The minimum atomic E-state index is -0.687. The lowest BCUT2D eigenvalue weighted by Gasteiger charge is -2.34. The Bertz CT molecular complexity index is 681. The quantitative estimate of drug-likeness (QED) is 0.585. The zero-order chi connectivity index (χ0) is 23.8. The second kappa shape index (κ2) is 12.1. The molecule has 0 radical (unpaired) electrons. The van der Waals surface area contributed by atoms with Gasteiger partial charge in [-0.2, -0.15) is 0 Å². The van der Waals surface area contributed by atoms with Crippen molar-refractivity contribution in [1.82, 2.24) is 15.1 Å². The predicted molar refractivity (Wildman–Crippen MR) is 127 cm³/mol. The van der Waals surface area contributed by atoms with Crippen LogP contribution in [-0.2, 0) is 22.5 Å². The second-order valence-corrected chi connectivity index (χ2v) is 9.61. The van der Waals surface area contributed by atoms with Gasteiger partial charge in [-0.1, -0.05) is 38.1 Å². The van der Waals surface area contributed by atoms with Gasteiger partial charge in [-0.05, 0) is 72.7 Å². The summed E-state index contributed by atoms with van der Waals surface area (Å²) in [4.78, 5) is 30.0. The average Bonchev–Trinajstić information content (AvgIpc) is 2.64. The van der Waals surface area contributed by atoms with E-state index in [4.69, 9.17) is 4.74 Å². The Hall–Kier alpha value is -2.08. The first-order chi connectivity index (χ1) is 14.4. The van der Waals surface area contributed by atoms with E-state index < -0.39 is 17.7 Å². The number of rotatable bonds is 10. The van der Waals surface area contributed by atoms with Crippen LogP contribution in [0.3, 0.4) is 0 Å². The highest BCUT2D eigenvalue weighted by Crippen LogP contribution is 2.15. The van der Waals surface area contributed by atoms with Crippen LogP contribution in [0.15, 0.2) is 24.3 Å². The third kappa shape index (κ3) is 9.30. The van der Waals surface area contributed by atoms with E-state index >= 15 is 0 Å². The molecule has 1 rings (SSSR count). The molecule has 2 amide bonds. The Morgan fingerprint density at radius 1 is 0.935 bits per heavy atom. The highest BCUT2D eigenvalue weighted by molar-refractivity contribution is 5.86. The largest absolute Gasteiger partial charge is 0.444 e. The molecule has 0 aliphatic rings. The molecule has 176 valence electrons. The van der Waals surface area contributed by atoms with Gasteiger partial charge in [0.2, 0.25) is 5.91 Å². The van der Waals surface area contributed by atoms with E-state index in [9.17, 15) is 9.59 Å². The molecular formula is C25H43N3O3. The summed E-state index contributed by atoms with van der Waals surface area (Å²) in [5.74, 6) is -0.0944.